The number of nitrogens with zero attached hydrogens (tertiary/aromatic N) is 2. The summed E-state index contributed by atoms with van der Waals surface area (Å²) < 4.78 is 13.4. The van der Waals surface area contributed by atoms with Crippen LogP contribution < -0.4 is 15.0 Å². The maximum absolute atomic E-state index is 11.6. The van der Waals surface area contributed by atoms with Gasteiger partial charge in [-0.3, -0.25) is 9.36 Å². The third-order valence-electron chi connectivity index (χ3n) is 6.91. The van der Waals surface area contributed by atoms with Crippen molar-refractivity contribution < 1.29 is 14.6 Å². The second-order valence-electron chi connectivity index (χ2n) is 8.66. The SMILES string of the molecule is O=c1cc(CO)n2c(n1)OC(COc1ccc(C3C4CCCC3CCC4)cc1)C2. The molecule has 6 nitrogen and oxygen atoms in total. The van der Waals surface area contributed by atoms with Gasteiger partial charge >= 0.3 is 6.01 Å². The lowest BCUT2D eigenvalue weighted by Gasteiger charge is -2.43. The van der Waals surface area contributed by atoms with Gasteiger partial charge in [-0.2, -0.15) is 4.98 Å². The third kappa shape index (κ3) is 3.66. The molecule has 2 fully saturated rings. The van der Waals surface area contributed by atoms with Gasteiger partial charge in [0.1, 0.15) is 12.4 Å². The van der Waals surface area contributed by atoms with Crippen LogP contribution in [0.5, 0.6) is 11.8 Å². The highest BCUT2D eigenvalue weighted by molar-refractivity contribution is 5.31. The average Bonchev–Trinajstić information content (AvgIpc) is 3.14. The molecule has 6 heteroatoms. The van der Waals surface area contributed by atoms with Gasteiger partial charge < -0.3 is 14.6 Å². The predicted molar refractivity (Wildman–Crippen MR) is 108 cm³/mol. The van der Waals surface area contributed by atoms with E-state index in [1.165, 1.54) is 50.2 Å². The van der Waals surface area contributed by atoms with E-state index in [1.807, 2.05) is 0 Å². The molecule has 2 aromatic rings. The highest BCUT2D eigenvalue weighted by Crippen LogP contribution is 2.49. The van der Waals surface area contributed by atoms with Crippen molar-refractivity contribution in [3.8, 4) is 11.8 Å². The van der Waals surface area contributed by atoms with E-state index in [2.05, 4.69) is 29.2 Å². The van der Waals surface area contributed by atoms with Gasteiger partial charge in [0.25, 0.3) is 5.56 Å². The molecule has 2 saturated carbocycles. The van der Waals surface area contributed by atoms with Gasteiger partial charge in [-0.05, 0) is 61.1 Å². The largest absolute Gasteiger partial charge is 0.490 e. The summed E-state index contributed by atoms with van der Waals surface area (Å²) in [5.41, 5.74) is 1.58. The first-order chi connectivity index (χ1) is 14.2. The Kier molecular flexibility index (Phi) is 5.04. The molecule has 1 aromatic carbocycles. The van der Waals surface area contributed by atoms with Gasteiger partial charge in [0.05, 0.1) is 18.8 Å². The Bertz CT molecular complexity index is 901. The molecular formula is C23H28N2O4. The van der Waals surface area contributed by atoms with Gasteiger partial charge in [0.15, 0.2) is 6.10 Å². The molecule has 2 bridgehead atoms. The number of rotatable bonds is 5. The quantitative estimate of drug-likeness (QED) is 0.840. The van der Waals surface area contributed by atoms with Crippen LogP contribution in [-0.4, -0.2) is 27.4 Å². The fraction of sp³-hybridized carbons (Fsp3) is 0.565. The molecule has 2 aliphatic carbocycles. The van der Waals surface area contributed by atoms with Crippen molar-refractivity contribution in [2.75, 3.05) is 6.61 Å². The Hall–Kier alpha value is -2.34. The van der Waals surface area contributed by atoms with Crippen LogP contribution in [0.1, 0.15) is 55.7 Å². The molecule has 3 aliphatic rings. The van der Waals surface area contributed by atoms with Crippen molar-refractivity contribution >= 4 is 0 Å². The normalized spacial score (nSPS) is 27.9. The first-order valence-corrected chi connectivity index (χ1v) is 10.8. The third-order valence-corrected chi connectivity index (χ3v) is 6.91. The zero-order valence-corrected chi connectivity index (χ0v) is 16.6. The van der Waals surface area contributed by atoms with Crippen LogP contribution in [0.2, 0.25) is 0 Å². The maximum atomic E-state index is 11.6. The van der Waals surface area contributed by atoms with Crippen LogP contribution in [0.4, 0.5) is 0 Å². The molecule has 1 atom stereocenters. The summed E-state index contributed by atoms with van der Waals surface area (Å²) in [5, 5.41) is 9.44. The predicted octanol–water partition coefficient (Wildman–Crippen LogP) is 3.26. The fourth-order valence-electron chi connectivity index (χ4n) is 5.62. The second kappa shape index (κ2) is 7.82. The molecule has 1 unspecified atom stereocenters. The van der Waals surface area contributed by atoms with Crippen LogP contribution in [0.15, 0.2) is 35.1 Å². The van der Waals surface area contributed by atoms with Crippen LogP contribution >= 0.6 is 0 Å². The van der Waals surface area contributed by atoms with Gasteiger partial charge in [-0.15, -0.1) is 0 Å². The number of hydrogen-bond acceptors (Lipinski definition) is 5. The summed E-state index contributed by atoms with van der Waals surface area (Å²) in [5.74, 6) is 3.27. The molecule has 154 valence electrons. The lowest BCUT2D eigenvalue weighted by atomic mass is 9.62. The summed E-state index contributed by atoms with van der Waals surface area (Å²) in [6, 6.07) is 10.2. The molecule has 1 aromatic heterocycles. The summed E-state index contributed by atoms with van der Waals surface area (Å²) in [7, 11) is 0. The van der Waals surface area contributed by atoms with Crippen molar-refractivity contribution in [2.24, 2.45) is 11.8 Å². The highest BCUT2D eigenvalue weighted by atomic mass is 16.6. The Morgan fingerprint density at radius 3 is 2.45 bits per heavy atom. The monoisotopic (exact) mass is 396 g/mol. The van der Waals surface area contributed by atoms with E-state index in [0.717, 1.165) is 23.5 Å². The van der Waals surface area contributed by atoms with E-state index in [0.29, 0.717) is 18.8 Å². The molecular weight excluding hydrogens is 368 g/mol. The summed E-state index contributed by atoms with van der Waals surface area (Å²) in [6.45, 7) is 0.671. The number of benzene rings is 1. The molecule has 0 saturated heterocycles. The summed E-state index contributed by atoms with van der Waals surface area (Å²) in [4.78, 5) is 15.5. The fourth-order valence-corrected chi connectivity index (χ4v) is 5.62. The standard InChI is InChI=1S/C23H28N2O4/c26-13-18-11-21(27)24-23-25(18)12-20(29-23)14-28-19-9-7-17(8-10-19)22-15-3-1-4-16(22)6-2-5-15/h7-11,15-16,20,22,26H,1-6,12-14H2. The number of aromatic nitrogens is 2. The zero-order valence-electron chi connectivity index (χ0n) is 16.6. The molecule has 0 amide bonds. The van der Waals surface area contributed by atoms with E-state index in [-0.39, 0.29) is 18.7 Å². The highest BCUT2D eigenvalue weighted by Gasteiger charge is 2.37. The first-order valence-electron chi connectivity index (χ1n) is 10.8. The smallest absolute Gasteiger partial charge is 0.300 e. The summed E-state index contributed by atoms with van der Waals surface area (Å²) >= 11 is 0. The Morgan fingerprint density at radius 1 is 1.10 bits per heavy atom. The van der Waals surface area contributed by atoms with Crippen molar-refractivity contribution in [2.45, 2.75) is 63.7 Å². The number of hydrogen-bond donors (Lipinski definition) is 1. The van der Waals surface area contributed by atoms with Crippen LogP contribution in [0, 0.1) is 11.8 Å². The Labute approximate surface area is 170 Å². The van der Waals surface area contributed by atoms with E-state index in [9.17, 15) is 9.90 Å². The minimum absolute atomic E-state index is 0.216. The van der Waals surface area contributed by atoms with Crippen molar-refractivity contribution in [3.05, 3.63) is 51.9 Å². The van der Waals surface area contributed by atoms with E-state index >= 15 is 0 Å². The van der Waals surface area contributed by atoms with Crippen molar-refractivity contribution in [3.63, 3.8) is 0 Å². The van der Waals surface area contributed by atoms with Gasteiger partial charge in [-0.25, -0.2) is 0 Å². The molecule has 0 radical (unpaired) electrons. The van der Waals surface area contributed by atoms with E-state index in [4.69, 9.17) is 9.47 Å². The molecule has 5 rings (SSSR count). The van der Waals surface area contributed by atoms with Crippen LogP contribution in [0.25, 0.3) is 0 Å². The van der Waals surface area contributed by atoms with Gasteiger partial charge in [0.2, 0.25) is 0 Å². The first kappa shape index (κ1) is 18.7. The van der Waals surface area contributed by atoms with Crippen molar-refractivity contribution in [1.82, 2.24) is 9.55 Å². The van der Waals surface area contributed by atoms with Crippen molar-refractivity contribution in [1.29, 1.82) is 0 Å². The molecule has 1 aliphatic heterocycles. The number of aliphatic hydroxyl groups is 1. The second-order valence-corrected chi connectivity index (χ2v) is 8.66. The Balaban J connectivity index is 1.22. The number of aliphatic hydroxyl groups excluding tert-OH is 1. The number of fused-ring (bicyclic) bond motifs is 3. The lowest BCUT2D eigenvalue weighted by molar-refractivity contribution is 0.143. The lowest BCUT2D eigenvalue weighted by Crippen LogP contribution is -2.30. The summed E-state index contributed by atoms with van der Waals surface area (Å²) in [6.07, 6.45) is 8.09. The Morgan fingerprint density at radius 2 is 1.79 bits per heavy atom. The molecule has 1 N–H and O–H groups in total. The molecule has 0 spiro atoms. The minimum Gasteiger partial charge on any atom is -0.490 e. The van der Waals surface area contributed by atoms with Gasteiger partial charge in [-0.1, -0.05) is 25.0 Å². The van der Waals surface area contributed by atoms with E-state index < -0.39 is 5.56 Å². The number of ether oxygens (including phenoxy) is 2. The minimum atomic E-state index is -0.398. The molecule has 29 heavy (non-hydrogen) atoms. The zero-order chi connectivity index (χ0) is 19.8. The van der Waals surface area contributed by atoms with Gasteiger partial charge in [0, 0.05) is 6.07 Å². The maximum Gasteiger partial charge on any atom is 0.300 e. The average molecular weight is 396 g/mol. The topological polar surface area (TPSA) is 73.6 Å². The van der Waals surface area contributed by atoms with Crippen LogP contribution in [-0.2, 0) is 13.2 Å². The van der Waals surface area contributed by atoms with Crippen LogP contribution in [0.3, 0.4) is 0 Å². The molecule has 2 heterocycles. The van der Waals surface area contributed by atoms with E-state index in [1.54, 1.807) is 4.57 Å².